The maximum atomic E-state index is 10.5. The maximum Gasteiger partial charge on any atom is 0.122 e. The Morgan fingerprint density at radius 1 is 1.16 bits per heavy atom. The predicted octanol–water partition coefficient (Wildman–Crippen LogP) is 4.04. The fraction of sp³-hybridized carbons (Fsp3) is 0.250. The van der Waals surface area contributed by atoms with Crippen LogP contribution in [-0.4, -0.2) is 11.7 Å². The minimum atomic E-state index is -0.999. The smallest absolute Gasteiger partial charge is 0.122 e. The van der Waals surface area contributed by atoms with E-state index in [-0.39, 0.29) is 6.61 Å². The highest BCUT2D eigenvalue weighted by molar-refractivity contribution is 9.10. The zero-order valence-corrected chi connectivity index (χ0v) is 12.6. The van der Waals surface area contributed by atoms with E-state index in [1.807, 2.05) is 55.5 Å². The molecule has 0 saturated carbocycles. The van der Waals surface area contributed by atoms with Crippen molar-refractivity contribution in [3.63, 3.8) is 0 Å². The number of ether oxygens (including phenoxy) is 1. The highest BCUT2D eigenvalue weighted by Crippen LogP contribution is 2.26. The Labute approximate surface area is 122 Å². The van der Waals surface area contributed by atoms with Gasteiger partial charge in [-0.15, -0.1) is 0 Å². The molecule has 100 valence electrons. The molecule has 2 rings (SSSR count). The van der Waals surface area contributed by atoms with Crippen LogP contribution in [0.15, 0.2) is 53.0 Å². The van der Waals surface area contributed by atoms with E-state index in [1.165, 1.54) is 0 Å². The van der Waals surface area contributed by atoms with Gasteiger partial charge in [0.1, 0.15) is 18.0 Å². The molecule has 0 aliphatic heterocycles. The summed E-state index contributed by atoms with van der Waals surface area (Å²) in [5.41, 5.74) is 0.892. The third-order valence-corrected chi connectivity index (χ3v) is 3.53. The second-order valence-corrected chi connectivity index (χ2v) is 5.75. The average Bonchev–Trinajstić information content (AvgIpc) is 2.39. The molecule has 1 atom stereocenters. The first-order chi connectivity index (χ1) is 8.99. The molecular formula is C16H17BrO2. The van der Waals surface area contributed by atoms with Gasteiger partial charge in [-0.1, -0.05) is 46.3 Å². The monoisotopic (exact) mass is 320 g/mol. The lowest BCUT2D eigenvalue weighted by Crippen LogP contribution is -2.29. The van der Waals surface area contributed by atoms with Crippen molar-refractivity contribution in [3.8, 4) is 5.75 Å². The van der Waals surface area contributed by atoms with E-state index in [9.17, 15) is 5.11 Å². The van der Waals surface area contributed by atoms with Crippen molar-refractivity contribution in [2.24, 2.45) is 0 Å². The summed E-state index contributed by atoms with van der Waals surface area (Å²) in [7, 11) is 0. The largest absolute Gasteiger partial charge is 0.490 e. The molecule has 2 aromatic carbocycles. The van der Waals surface area contributed by atoms with Crippen LogP contribution in [0.4, 0.5) is 0 Å². The number of halogens is 1. The Hall–Kier alpha value is -1.32. The van der Waals surface area contributed by atoms with E-state index in [4.69, 9.17) is 4.74 Å². The predicted molar refractivity (Wildman–Crippen MR) is 80.4 cm³/mol. The first-order valence-electron chi connectivity index (χ1n) is 6.16. The fourth-order valence-electron chi connectivity index (χ4n) is 1.87. The normalized spacial score (nSPS) is 13.9. The number of hydrogen-bond donors (Lipinski definition) is 1. The molecule has 0 aliphatic rings. The topological polar surface area (TPSA) is 29.5 Å². The molecule has 3 heteroatoms. The molecule has 0 saturated heterocycles. The Balaban J connectivity index is 2.09. The highest BCUT2D eigenvalue weighted by Gasteiger charge is 2.24. The highest BCUT2D eigenvalue weighted by atomic mass is 79.9. The molecule has 0 spiro atoms. The van der Waals surface area contributed by atoms with E-state index < -0.39 is 5.60 Å². The van der Waals surface area contributed by atoms with Crippen LogP contribution in [0.5, 0.6) is 5.75 Å². The zero-order valence-electron chi connectivity index (χ0n) is 11.1. The van der Waals surface area contributed by atoms with Gasteiger partial charge < -0.3 is 9.84 Å². The Kier molecular flexibility index (Phi) is 4.27. The molecule has 2 nitrogen and oxygen atoms in total. The molecule has 1 unspecified atom stereocenters. The molecule has 0 radical (unpaired) electrons. The van der Waals surface area contributed by atoms with Gasteiger partial charge in [-0.05, 0) is 43.2 Å². The molecule has 0 heterocycles. The van der Waals surface area contributed by atoms with Gasteiger partial charge in [0.05, 0.1) is 0 Å². The molecule has 19 heavy (non-hydrogen) atoms. The van der Waals surface area contributed by atoms with E-state index in [2.05, 4.69) is 15.9 Å². The first kappa shape index (κ1) is 14.1. The van der Waals surface area contributed by atoms with Gasteiger partial charge >= 0.3 is 0 Å². The standard InChI is InChI=1S/C16H17BrO2/c1-12-10-14(17)8-9-15(12)19-11-16(2,18)13-6-4-3-5-7-13/h3-10,18H,11H2,1-2H3. The lowest BCUT2D eigenvalue weighted by molar-refractivity contribution is 0.00739. The molecule has 0 amide bonds. The quantitative estimate of drug-likeness (QED) is 0.921. The average molecular weight is 321 g/mol. The molecule has 0 aliphatic carbocycles. The lowest BCUT2D eigenvalue weighted by Gasteiger charge is -2.24. The van der Waals surface area contributed by atoms with Crippen LogP contribution >= 0.6 is 15.9 Å². The van der Waals surface area contributed by atoms with E-state index in [0.717, 1.165) is 21.3 Å². The summed E-state index contributed by atoms with van der Waals surface area (Å²) < 4.78 is 6.76. The summed E-state index contributed by atoms with van der Waals surface area (Å²) in [4.78, 5) is 0. The van der Waals surface area contributed by atoms with Gasteiger partial charge in [0, 0.05) is 4.47 Å². The summed E-state index contributed by atoms with van der Waals surface area (Å²) in [6.45, 7) is 3.97. The summed E-state index contributed by atoms with van der Waals surface area (Å²) in [6.07, 6.45) is 0. The third-order valence-electron chi connectivity index (χ3n) is 3.04. The van der Waals surface area contributed by atoms with Crippen LogP contribution in [0.1, 0.15) is 18.1 Å². The summed E-state index contributed by atoms with van der Waals surface area (Å²) >= 11 is 3.42. The first-order valence-corrected chi connectivity index (χ1v) is 6.95. The number of rotatable bonds is 4. The van der Waals surface area contributed by atoms with Gasteiger partial charge in [0.2, 0.25) is 0 Å². The van der Waals surface area contributed by atoms with Crippen molar-refractivity contribution in [1.29, 1.82) is 0 Å². The van der Waals surface area contributed by atoms with Gasteiger partial charge in [-0.25, -0.2) is 0 Å². The Morgan fingerprint density at radius 3 is 2.47 bits per heavy atom. The van der Waals surface area contributed by atoms with Crippen LogP contribution in [0.25, 0.3) is 0 Å². The Bertz CT molecular complexity index is 550. The van der Waals surface area contributed by atoms with Gasteiger partial charge in [-0.3, -0.25) is 0 Å². The van der Waals surface area contributed by atoms with Gasteiger partial charge in [0.15, 0.2) is 0 Å². The number of hydrogen-bond acceptors (Lipinski definition) is 2. The van der Waals surface area contributed by atoms with Crippen LogP contribution < -0.4 is 4.74 Å². The zero-order chi connectivity index (χ0) is 13.9. The Morgan fingerprint density at radius 2 is 1.84 bits per heavy atom. The number of aryl methyl sites for hydroxylation is 1. The SMILES string of the molecule is Cc1cc(Br)ccc1OCC(C)(O)c1ccccc1. The van der Waals surface area contributed by atoms with E-state index in [0.29, 0.717) is 0 Å². The van der Waals surface area contributed by atoms with E-state index in [1.54, 1.807) is 6.92 Å². The summed E-state index contributed by atoms with van der Waals surface area (Å²) in [6, 6.07) is 15.4. The van der Waals surface area contributed by atoms with Gasteiger partial charge in [0.25, 0.3) is 0 Å². The number of aliphatic hydroxyl groups is 1. The van der Waals surface area contributed by atoms with Crippen LogP contribution in [-0.2, 0) is 5.60 Å². The molecule has 1 N–H and O–H groups in total. The van der Waals surface area contributed by atoms with Crippen molar-refractivity contribution in [2.45, 2.75) is 19.4 Å². The van der Waals surface area contributed by atoms with Crippen LogP contribution in [0.2, 0.25) is 0 Å². The summed E-state index contributed by atoms with van der Waals surface area (Å²) in [5, 5.41) is 10.5. The van der Waals surface area contributed by atoms with Crippen molar-refractivity contribution < 1.29 is 9.84 Å². The molecule has 0 fully saturated rings. The van der Waals surface area contributed by atoms with Crippen molar-refractivity contribution in [3.05, 3.63) is 64.1 Å². The summed E-state index contributed by atoms with van der Waals surface area (Å²) in [5.74, 6) is 0.791. The maximum absolute atomic E-state index is 10.5. The third kappa shape index (κ3) is 3.58. The van der Waals surface area contributed by atoms with Crippen LogP contribution in [0, 0.1) is 6.92 Å². The van der Waals surface area contributed by atoms with Crippen molar-refractivity contribution in [2.75, 3.05) is 6.61 Å². The van der Waals surface area contributed by atoms with Crippen molar-refractivity contribution in [1.82, 2.24) is 0 Å². The van der Waals surface area contributed by atoms with Crippen LogP contribution in [0.3, 0.4) is 0 Å². The second kappa shape index (κ2) is 5.76. The molecule has 0 bridgehead atoms. The fourth-order valence-corrected chi connectivity index (χ4v) is 2.35. The molecule has 2 aromatic rings. The lowest BCUT2D eigenvalue weighted by atomic mass is 9.97. The molecule has 0 aromatic heterocycles. The van der Waals surface area contributed by atoms with Crippen molar-refractivity contribution >= 4 is 15.9 Å². The van der Waals surface area contributed by atoms with Gasteiger partial charge in [-0.2, -0.15) is 0 Å². The van der Waals surface area contributed by atoms with E-state index >= 15 is 0 Å². The number of benzene rings is 2. The minimum Gasteiger partial charge on any atom is -0.490 e. The minimum absolute atomic E-state index is 0.222. The second-order valence-electron chi connectivity index (χ2n) is 4.84. The molecular weight excluding hydrogens is 304 g/mol.